The van der Waals surface area contributed by atoms with Gasteiger partial charge in [0.25, 0.3) is 5.91 Å². The summed E-state index contributed by atoms with van der Waals surface area (Å²) in [7, 11) is 0. The van der Waals surface area contributed by atoms with Gasteiger partial charge in [0.15, 0.2) is 0 Å². The summed E-state index contributed by atoms with van der Waals surface area (Å²) in [6.07, 6.45) is 2.91. The first kappa shape index (κ1) is 27.9. The molecule has 6 nitrogen and oxygen atoms in total. The third-order valence-corrected chi connectivity index (χ3v) is 7.74. The summed E-state index contributed by atoms with van der Waals surface area (Å²) in [4.78, 5) is 43.2. The van der Waals surface area contributed by atoms with E-state index in [-0.39, 0.29) is 30.7 Å². The fourth-order valence-corrected chi connectivity index (χ4v) is 5.53. The summed E-state index contributed by atoms with van der Waals surface area (Å²) in [5.74, 6) is -0.416. The van der Waals surface area contributed by atoms with Crippen molar-refractivity contribution in [1.82, 2.24) is 10.2 Å². The maximum Gasteiger partial charge on any atom is 0.258 e. The number of amides is 3. The maximum atomic E-state index is 13.6. The Labute approximate surface area is 233 Å². The van der Waals surface area contributed by atoms with Gasteiger partial charge in [-0.3, -0.25) is 14.4 Å². The van der Waals surface area contributed by atoms with Gasteiger partial charge in [0.1, 0.15) is 6.04 Å². The molecule has 0 fully saturated rings. The minimum atomic E-state index is -0.655. The zero-order valence-electron chi connectivity index (χ0n) is 21.8. The van der Waals surface area contributed by atoms with Crippen molar-refractivity contribution >= 4 is 57.4 Å². The smallest absolute Gasteiger partial charge is 0.258 e. The molecule has 8 heteroatoms. The van der Waals surface area contributed by atoms with Gasteiger partial charge in [-0.1, -0.05) is 73.8 Å². The molecule has 1 heterocycles. The van der Waals surface area contributed by atoms with Gasteiger partial charge in [-0.05, 0) is 48.9 Å². The molecule has 4 rings (SSSR count). The lowest BCUT2D eigenvalue weighted by atomic mass is 10.1. The van der Waals surface area contributed by atoms with Crippen LogP contribution >= 0.6 is 23.2 Å². The van der Waals surface area contributed by atoms with Crippen molar-refractivity contribution < 1.29 is 14.4 Å². The maximum absolute atomic E-state index is 13.6. The second-order valence-electron chi connectivity index (χ2n) is 9.53. The normalized spacial score (nSPS) is 13.2. The molecule has 0 bridgehead atoms. The molecule has 38 heavy (non-hydrogen) atoms. The van der Waals surface area contributed by atoms with Crippen molar-refractivity contribution in [2.45, 2.75) is 58.5 Å². The lowest BCUT2D eigenvalue weighted by molar-refractivity contribution is -0.141. The number of unbranched alkanes of at least 4 members (excludes halogenated alkanes) is 1. The van der Waals surface area contributed by atoms with Gasteiger partial charge in [-0.2, -0.15) is 0 Å². The lowest BCUT2D eigenvalue weighted by Crippen LogP contribution is -2.49. The molecule has 0 aromatic heterocycles. The molecule has 3 aromatic carbocycles. The SMILES string of the molecule is CCCCNC(=O)[C@@H](CC)N(Cc1c(Cl)cccc1Cl)C(=O)CCCN1C(=O)c2cccc3cccc1c23. The number of nitrogens with zero attached hydrogens (tertiary/aromatic N) is 2. The molecule has 1 N–H and O–H groups in total. The van der Waals surface area contributed by atoms with E-state index in [0.29, 0.717) is 47.1 Å². The van der Waals surface area contributed by atoms with Crippen molar-refractivity contribution in [2.24, 2.45) is 0 Å². The monoisotopic (exact) mass is 553 g/mol. The number of rotatable bonds is 12. The van der Waals surface area contributed by atoms with Gasteiger partial charge in [-0.25, -0.2) is 0 Å². The second-order valence-corrected chi connectivity index (χ2v) is 10.3. The average Bonchev–Trinajstić information content (AvgIpc) is 3.18. The summed E-state index contributed by atoms with van der Waals surface area (Å²) in [5.41, 5.74) is 2.17. The Kier molecular flexibility index (Phi) is 9.29. The van der Waals surface area contributed by atoms with Crippen LogP contribution in [0.4, 0.5) is 5.69 Å². The van der Waals surface area contributed by atoms with Crippen molar-refractivity contribution in [3.8, 4) is 0 Å². The lowest BCUT2D eigenvalue weighted by Gasteiger charge is -2.31. The van der Waals surface area contributed by atoms with Crippen molar-refractivity contribution in [3.63, 3.8) is 0 Å². The first-order chi connectivity index (χ1) is 18.4. The van der Waals surface area contributed by atoms with Crippen molar-refractivity contribution in [3.05, 3.63) is 75.8 Å². The van der Waals surface area contributed by atoms with Gasteiger partial charge in [0.2, 0.25) is 11.8 Å². The highest BCUT2D eigenvalue weighted by atomic mass is 35.5. The zero-order chi connectivity index (χ0) is 27.2. The van der Waals surface area contributed by atoms with Crippen LogP contribution < -0.4 is 10.2 Å². The van der Waals surface area contributed by atoms with Crippen LogP contribution in [0.1, 0.15) is 61.9 Å². The van der Waals surface area contributed by atoms with Crippen molar-refractivity contribution in [1.29, 1.82) is 0 Å². The van der Waals surface area contributed by atoms with E-state index in [2.05, 4.69) is 12.2 Å². The number of hydrogen-bond acceptors (Lipinski definition) is 3. The van der Waals surface area contributed by atoms with Crippen LogP contribution in [0.15, 0.2) is 54.6 Å². The number of anilines is 1. The molecule has 200 valence electrons. The number of hydrogen-bond donors (Lipinski definition) is 1. The molecule has 3 aromatic rings. The predicted octanol–water partition coefficient (Wildman–Crippen LogP) is 6.61. The summed E-state index contributed by atoms with van der Waals surface area (Å²) < 4.78 is 0. The highest BCUT2D eigenvalue weighted by Crippen LogP contribution is 2.37. The molecule has 0 unspecified atom stereocenters. The minimum absolute atomic E-state index is 0.0503. The molecule has 0 aliphatic carbocycles. The molecule has 0 radical (unpaired) electrons. The van der Waals surface area contributed by atoms with E-state index >= 15 is 0 Å². The van der Waals surface area contributed by atoms with Crippen LogP contribution in [0.2, 0.25) is 10.0 Å². The van der Waals surface area contributed by atoms with Crippen LogP contribution in [-0.2, 0) is 16.1 Å². The Balaban J connectivity index is 1.50. The molecule has 0 spiro atoms. The zero-order valence-corrected chi connectivity index (χ0v) is 23.3. The summed E-state index contributed by atoms with van der Waals surface area (Å²) >= 11 is 12.9. The summed E-state index contributed by atoms with van der Waals surface area (Å²) in [6, 6.07) is 16.2. The van der Waals surface area contributed by atoms with E-state index in [9.17, 15) is 14.4 Å². The van der Waals surface area contributed by atoms with Gasteiger partial charge in [0, 0.05) is 52.6 Å². The second kappa shape index (κ2) is 12.6. The predicted molar refractivity (Wildman–Crippen MR) is 154 cm³/mol. The largest absolute Gasteiger partial charge is 0.354 e. The fraction of sp³-hybridized carbons (Fsp3) is 0.367. The number of nitrogens with one attached hydrogen (secondary N) is 1. The van der Waals surface area contributed by atoms with Crippen LogP contribution in [-0.4, -0.2) is 41.8 Å². The van der Waals surface area contributed by atoms with Gasteiger partial charge < -0.3 is 15.1 Å². The average molecular weight is 555 g/mol. The van der Waals surface area contributed by atoms with Crippen molar-refractivity contribution in [2.75, 3.05) is 18.0 Å². The molecular weight excluding hydrogens is 521 g/mol. The van der Waals surface area contributed by atoms with E-state index in [0.717, 1.165) is 29.3 Å². The Hall–Kier alpha value is -3.09. The highest BCUT2D eigenvalue weighted by Gasteiger charge is 2.31. The minimum Gasteiger partial charge on any atom is -0.354 e. The topological polar surface area (TPSA) is 69.7 Å². The summed E-state index contributed by atoms with van der Waals surface area (Å²) in [5, 5.41) is 5.84. The molecule has 0 saturated heterocycles. The van der Waals surface area contributed by atoms with E-state index in [4.69, 9.17) is 23.2 Å². The van der Waals surface area contributed by atoms with Gasteiger partial charge in [-0.15, -0.1) is 0 Å². The molecule has 0 saturated carbocycles. The Morgan fingerprint density at radius 1 is 0.974 bits per heavy atom. The third-order valence-electron chi connectivity index (χ3n) is 7.03. The fourth-order valence-electron chi connectivity index (χ4n) is 5.01. The number of benzene rings is 3. The van der Waals surface area contributed by atoms with Gasteiger partial charge >= 0.3 is 0 Å². The van der Waals surface area contributed by atoms with E-state index in [1.54, 1.807) is 28.0 Å². The first-order valence-corrected chi connectivity index (χ1v) is 14.0. The van der Waals surface area contributed by atoms with E-state index < -0.39 is 6.04 Å². The number of carbonyl (C=O) groups excluding carboxylic acids is 3. The molecule has 1 aliphatic heterocycles. The highest BCUT2D eigenvalue weighted by molar-refractivity contribution is 6.36. The number of halogens is 2. The Morgan fingerprint density at radius 3 is 2.34 bits per heavy atom. The first-order valence-electron chi connectivity index (χ1n) is 13.2. The number of carbonyl (C=O) groups is 3. The van der Waals surface area contributed by atoms with E-state index in [1.165, 1.54) is 0 Å². The van der Waals surface area contributed by atoms with Crippen LogP contribution in [0.5, 0.6) is 0 Å². The quantitative estimate of drug-likeness (QED) is 0.256. The Bertz CT molecular complexity index is 1320. The van der Waals surface area contributed by atoms with Crippen LogP contribution in [0, 0.1) is 0 Å². The molecule has 1 atom stereocenters. The van der Waals surface area contributed by atoms with Gasteiger partial charge in [0.05, 0.1) is 5.69 Å². The Morgan fingerprint density at radius 2 is 1.66 bits per heavy atom. The standard InChI is InChI=1S/C30H33Cl2N3O3/c1-3-5-17-33-29(37)25(4-2)35(19-22-23(31)13-8-14-24(22)32)27(36)16-9-18-34-26-15-7-11-20-10-6-12-21(28(20)26)30(34)38/h6-8,10-15,25H,3-5,9,16-19H2,1-2H3,(H,33,37)/t25-/m1/s1. The van der Waals surface area contributed by atoms with E-state index in [1.807, 2.05) is 43.3 Å². The van der Waals surface area contributed by atoms with Crippen LogP contribution in [0.25, 0.3) is 10.8 Å². The third kappa shape index (κ3) is 5.82. The molecular formula is C30H33Cl2N3O3. The van der Waals surface area contributed by atoms with Crippen LogP contribution in [0.3, 0.4) is 0 Å². The summed E-state index contributed by atoms with van der Waals surface area (Å²) in [6.45, 7) is 5.04. The molecule has 1 aliphatic rings. The molecule has 3 amide bonds.